The summed E-state index contributed by atoms with van der Waals surface area (Å²) in [7, 11) is -1.85. The summed E-state index contributed by atoms with van der Waals surface area (Å²) in [6.07, 6.45) is 1.59. The molecule has 0 aliphatic rings. The van der Waals surface area contributed by atoms with E-state index in [4.69, 9.17) is 4.42 Å². The highest BCUT2D eigenvalue weighted by Gasteiger charge is 2.29. The maximum Gasteiger partial charge on any atom is 0.246 e. The zero-order valence-electron chi connectivity index (χ0n) is 13.9. The van der Waals surface area contributed by atoms with Gasteiger partial charge in [-0.05, 0) is 19.8 Å². The molecule has 0 aliphatic heterocycles. The first-order valence-corrected chi connectivity index (χ1v) is 8.98. The van der Waals surface area contributed by atoms with E-state index in [2.05, 4.69) is 5.32 Å². The number of aryl methyl sites for hydroxylation is 1. The summed E-state index contributed by atoms with van der Waals surface area (Å²) in [5, 5.41) is 3.23. The van der Waals surface area contributed by atoms with Crippen molar-refractivity contribution in [2.75, 3.05) is 7.05 Å². The molecule has 21 heavy (non-hydrogen) atoms. The number of furan rings is 1. The predicted octanol–water partition coefficient (Wildman–Crippen LogP) is 2.90. The van der Waals surface area contributed by atoms with E-state index >= 15 is 0 Å². The lowest BCUT2D eigenvalue weighted by molar-refractivity contribution is 0.348. The van der Waals surface area contributed by atoms with Gasteiger partial charge in [0.1, 0.15) is 16.4 Å². The SMILES string of the molecule is CCC(CC)N(C)S(=O)(=O)c1cc(CNC(C)C)oc1C. The van der Waals surface area contributed by atoms with Crippen LogP contribution in [-0.4, -0.2) is 31.9 Å². The molecule has 0 fully saturated rings. The highest BCUT2D eigenvalue weighted by Crippen LogP contribution is 2.25. The van der Waals surface area contributed by atoms with E-state index in [0.29, 0.717) is 24.1 Å². The fourth-order valence-electron chi connectivity index (χ4n) is 2.33. The second-order valence-corrected chi connectivity index (χ2v) is 7.63. The van der Waals surface area contributed by atoms with E-state index in [1.54, 1.807) is 20.0 Å². The van der Waals surface area contributed by atoms with Crippen molar-refractivity contribution in [1.29, 1.82) is 0 Å². The van der Waals surface area contributed by atoms with Crippen LogP contribution in [0.3, 0.4) is 0 Å². The highest BCUT2D eigenvalue weighted by atomic mass is 32.2. The average molecular weight is 316 g/mol. The Morgan fingerprint density at radius 1 is 1.29 bits per heavy atom. The van der Waals surface area contributed by atoms with E-state index < -0.39 is 10.0 Å². The van der Waals surface area contributed by atoms with Gasteiger partial charge >= 0.3 is 0 Å². The van der Waals surface area contributed by atoms with Crippen LogP contribution in [-0.2, 0) is 16.6 Å². The summed E-state index contributed by atoms with van der Waals surface area (Å²) in [5.41, 5.74) is 0. The minimum Gasteiger partial charge on any atom is -0.464 e. The predicted molar refractivity (Wildman–Crippen MR) is 84.7 cm³/mol. The maximum atomic E-state index is 12.7. The monoisotopic (exact) mass is 316 g/mol. The van der Waals surface area contributed by atoms with Gasteiger partial charge in [-0.3, -0.25) is 0 Å². The molecule has 0 bridgehead atoms. The van der Waals surface area contributed by atoms with Crippen molar-refractivity contribution in [2.45, 2.75) is 71.0 Å². The Bertz CT molecular complexity index is 545. The molecule has 1 heterocycles. The van der Waals surface area contributed by atoms with Crippen molar-refractivity contribution in [1.82, 2.24) is 9.62 Å². The quantitative estimate of drug-likeness (QED) is 0.801. The molecule has 1 aromatic heterocycles. The zero-order chi connectivity index (χ0) is 16.2. The third-order valence-electron chi connectivity index (χ3n) is 3.72. The number of hydrogen-bond donors (Lipinski definition) is 1. The largest absolute Gasteiger partial charge is 0.464 e. The van der Waals surface area contributed by atoms with Crippen molar-refractivity contribution in [3.63, 3.8) is 0 Å². The minimum atomic E-state index is -3.50. The van der Waals surface area contributed by atoms with Crippen LogP contribution in [0.2, 0.25) is 0 Å². The number of rotatable bonds is 8. The van der Waals surface area contributed by atoms with Crippen molar-refractivity contribution < 1.29 is 12.8 Å². The lowest BCUT2D eigenvalue weighted by Crippen LogP contribution is -2.36. The lowest BCUT2D eigenvalue weighted by atomic mass is 10.2. The molecule has 0 atom stereocenters. The van der Waals surface area contributed by atoms with Gasteiger partial charge in [-0.1, -0.05) is 27.7 Å². The molecule has 0 saturated carbocycles. The summed E-state index contributed by atoms with van der Waals surface area (Å²) in [5.74, 6) is 1.10. The third kappa shape index (κ3) is 4.31. The average Bonchev–Trinajstić information content (AvgIpc) is 2.79. The second-order valence-electron chi connectivity index (χ2n) is 5.66. The molecule has 5 nitrogen and oxygen atoms in total. The van der Waals surface area contributed by atoms with E-state index in [-0.39, 0.29) is 10.9 Å². The minimum absolute atomic E-state index is 0.0153. The number of nitrogens with one attached hydrogen (secondary N) is 1. The van der Waals surface area contributed by atoms with Gasteiger partial charge in [-0.15, -0.1) is 0 Å². The zero-order valence-corrected chi connectivity index (χ0v) is 14.8. The molecule has 1 N–H and O–H groups in total. The number of nitrogens with zero attached hydrogens (tertiary/aromatic N) is 1. The van der Waals surface area contributed by atoms with Gasteiger partial charge in [-0.2, -0.15) is 4.31 Å². The summed E-state index contributed by atoms with van der Waals surface area (Å²) < 4.78 is 32.5. The summed E-state index contributed by atoms with van der Waals surface area (Å²) >= 11 is 0. The van der Waals surface area contributed by atoms with E-state index in [1.165, 1.54) is 4.31 Å². The van der Waals surface area contributed by atoms with Crippen LogP contribution >= 0.6 is 0 Å². The molecule has 0 spiro atoms. The molecule has 0 saturated heterocycles. The molecule has 0 amide bonds. The fraction of sp³-hybridized carbons (Fsp3) is 0.733. The van der Waals surface area contributed by atoms with E-state index in [9.17, 15) is 8.42 Å². The summed E-state index contributed by atoms with van der Waals surface area (Å²) in [6.45, 7) is 10.3. The molecular formula is C15H28N2O3S. The maximum absolute atomic E-state index is 12.7. The summed E-state index contributed by atoms with van der Waals surface area (Å²) in [6, 6.07) is 1.98. The Labute approximate surface area is 128 Å². The molecule has 1 rings (SSSR count). The van der Waals surface area contributed by atoms with Crippen LogP contribution in [0.15, 0.2) is 15.4 Å². The van der Waals surface area contributed by atoms with Gasteiger partial charge in [0.05, 0.1) is 6.54 Å². The Kier molecular flexibility index (Phi) is 6.43. The van der Waals surface area contributed by atoms with E-state index in [1.807, 2.05) is 27.7 Å². The van der Waals surface area contributed by atoms with Gasteiger partial charge in [0.2, 0.25) is 10.0 Å². The standard InChI is InChI=1S/C15H28N2O3S/c1-7-13(8-2)17(6)21(18,19)15-9-14(20-12(15)5)10-16-11(3)4/h9,11,13,16H,7-8,10H2,1-6H3. The normalized spacial score (nSPS) is 12.8. The molecule has 0 aliphatic carbocycles. The molecule has 1 aromatic rings. The first-order valence-electron chi connectivity index (χ1n) is 7.54. The molecular weight excluding hydrogens is 288 g/mol. The van der Waals surface area contributed by atoms with Gasteiger partial charge in [0.25, 0.3) is 0 Å². The molecule has 6 heteroatoms. The smallest absolute Gasteiger partial charge is 0.246 e. The molecule has 122 valence electrons. The lowest BCUT2D eigenvalue weighted by Gasteiger charge is -2.25. The third-order valence-corrected chi connectivity index (χ3v) is 5.74. The Morgan fingerprint density at radius 3 is 2.33 bits per heavy atom. The highest BCUT2D eigenvalue weighted by molar-refractivity contribution is 7.89. The number of hydrogen-bond acceptors (Lipinski definition) is 4. The molecule has 0 aromatic carbocycles. The summed E-state index contributed by atoms with van der Waals surface area (Å²) in [4.78, 5) is 0.275. The Hall–Kier alpha value is -0.850. The van der Waals surface area contributed by atoms with Gasteiger partial charge in [-0.25, -0.2) is 8.42 Å². The van der Waals surface area contributed by atoms with Crippen molar-refractivity contribution in [2.24, 2.45) is 0 Å². The van der Waals surface area contributed by atoms with Crippen molar-refractivity contribution in [3.05, 3.63) is 17.6 Å². The van der Waals surface area contributed by atoms with Crippen LogP contribution in [0.1, 0.15) is 52.1 Å². The first-order chi connectivity index (χ1) is 9.73. The van der Waals surface area contributed by atoms with Gasteiger partial charge in [0, 0.05) is 25.2 Å². The number of sulfonamides is 1. The van der Waals surface area contributed by atoms with Crippen LogP contribution in [0.5, 0.6) is 0 Å². The van der Waals surface area contributed by atoms with Crippen LogP contribution in [0.4, 0.5) is 0 Å². The topological polar surface area (TPSA) is 62.6 Å². The first kappa shape index (κ1) is 18.2. The van der Waals surface area contributed by atoms with E-state index in [0.717, 1.165) is 12.8 Å². The van der Waals surface area contributed by atoms with Crippen molar-refractivity contribution in [3.8, 4) is 0 Å². The second kappa shape index (κ2) is 7.42. The Balaban J connectivity index is 3.03. The fourth-order valence-corrected chi connectivity index (χ4v) is 4.01. The molecule has 0 radical (unpaired) electrons. The molecule has 0 unspecified atom stereocenters. The van der Waals surface area contributed by atoms with Crippen LogP contribution in [0, 0.1) is 6.92 Å². The van der Waals surface area contributed by atoms with Crippen molar-refractivity contribution >= 4 is 10.0 Å². The van der Waals surface area contributed by atoms with Crippen LogP contribution < -0.4 is 5.32 Å². The Morgan fingerprint density at radius 2 is 1.86 bits per heavy atom. The van der Waals surface area contributed by atoms with Gasteiger partial charge < -0.3 is 9.73 Å². The van der Waals surface area contributed by atoms with Crippen LogP contribution in [0.25, 0.3) is 0 Å². The van der Waals surface area contributed by atoms with Gasteiger partial charge in [0.15, 0.2) is 0 Å².